The van der Waals surface area contributed by atoms with Gasteiger partial charge in [-0.15, -0.1) is 10.2 Å². The van der Waals surface area contributed by atoms with Gasteiger partial charge >= 0.3 is 6.09 Å². The molecule has 0 spiro atoms. The van der Waals surface area contributed by atoms with E-state index in [1.54, 1.807) is 11.8 Å². The van der Waals surface area contributed by atoms with Crippen LogP contribution >= 0.6 is 11.6 Å². The zero-order valence-corrected chi connectivity index (χ0v) is 19.7. The third-order valence-corrected chi connectivity index (χ3v) is 6.66. The summed E-state index contributed by atoms with van der Waals surface area (Å²) >= 11 is 6.31. The van der Waals surface area contributed by atoms with Crippen LogP contribution in [0.2, 0.25) is 5.02 Å². The Hall–Kier alpha value is -3.27. The number of fused-ring (bicyclic) bond motifs is 3. The zero-order valence-electron chi connectivity index (χ0n) is 19.0. The van der Waals surface area contributed by atoms with Gasteiger partial charge in [0.05, 0.1) is 37.3 Å². The molecular formula is C23H25ClFN7O2. The number of benzene rings is 1. The van der Waals surface area contributed by atoms with Gasteiger partial charge in [-0.25, -0.2) is 19.2 Å². The minimum absolute atomic E-state index is 0.155. The maximum Gasteiger partial charge on any atom is 0.410 e. The zero-order chi connectivity index (χ0) is 23.8. The fourth-order valence-corrected chi connectivity index (χ4v) is 4.88. The van der Waals surface area contributed by atoms with Gasteiger partial charge in [0.15, 0.2) is 11.6 Å². The fourth-order valence-electron chi connectivity index (χ4n) is 4.68. The molecule has 1 aromatic carbocycles. The van der Waals surface area contributed by atoms with Crippen molar-refractivity contribution in [3.05, 3.63) is 58.6 Å². The predicted octanol–water partition coefficient (Wildman–Crippen LogP) is 4.27. The molecule has 178 valence electrons. The highest BCUT2D eigenvalue weighted by atomic mass is 35.5. The van der Waals surface area contributed by atoms with Crippen molar-refractivity contribution in [2.24, 2.45) is 0 Å². The standard InChI is InChI=1S/C23H25ClFN7O2/c1-3-34-23(33)31-13-16-10-17(24)4-5-19(16)32-20(14(31)2)28-29-21(32)15-6-8-30(9-7-15)22-26-11-18(25)12-27-22/h4-5,10-12,14-15H,3,6-9,13H2,1-2H3. The van der Waals surface area contributed by atoms with E-state index in [1.165, 1.54) is 12.4 Å². The number of anilines is 1. The molecule has 3 aromatic rings. The molecule has 2 aliphatic heterocycles. The van der Waals surface area contributed by atoms with Crippen molar-refractivity contribution in [1.29, 1.82) is 0 Å². The maximum absolute atomic E-state index is 13.2. The van der Waals surface area contributed by atoms with Gasteiger partial charge in [0.25, 0.3) is 0 Å². The van der Waals surface area contributed by atoms with E-state index in [0.29, 0.717) is 29.9 Å². The summed E-state index contributed by atoms with van der Waals surface area (Å²) < 4.78 is 20.6. The fraction of sp³-hybridized carbons (Fsp3) is 0.435. The molecule has 0 N–H and O–H groups in total. The number of hydrogen-bond acceptors (Lipinski definition) is 7. The number of halogens is 2. The van der Waals surface area contributed by atoms with Gasteiger partial charge in [-0.2, -0.15) is 0 Å². The SMILES string of the molecule is CCOC(=O)N1Cc2cc(Cl)ccc2-n2c(C3CCN(c4ncc(F)cn4)CC3)nnc2C1C. The number of aromatic nitrogens is 5. The van der Waals surface area contributed by atoms with Crippen molar-refractivity contribution in [1.82, 2.24) is 29.6 Å². The first-order chi connectivity index (χ1) is 16.5. The first-order valence-corrected chi connectivity index (χ1v) is 11.7. The number of carbonyl (C=O) groups excluding carboxylic acids is 1. The average Bonchev–Trinajstić information content (AvgIpc) is 3.23. The van der Waals surface area contributed by atoms with Crippen molar-refractivity contribution in [2.45, 2.75) is 45.2 Å². The molecule has 4 heterocycles. The first-order valence-electron chi connectivity index (χ1n) is 11.4. The third kappa shape index (κ3) is 4.06. The number of rotatable bonds is 3. The van der Waals surface area contributed by atoms with Gasteiger partial charge in [-0.1, -0.05) is 11.6 Å². The van der Waals surface area contributed by atoms with Crippen LogP contribution in [0.25, 0.3) is 5.69 Å². The molecule has 0 radical (unpaired) electrons. The topological polar surface area (TPSA) is 89.3 Å². The lowest BCUT2D eigenvalue weighted by Crippen LogP contribution is -2.35. The molecule has 1 saturated heterocycles. The van der Waals surface area contributed by atoms with Gasteiger partial charge in [-0.3, -0.25) is 9.47 Å². The van der Waals surface area contributed by atoms with Crippen molar-refractivity contribution in [3.8, 4) is 5.69 Å². The molecule has 1 atom stereocenters. The van der Waals surface area contributed by atoms with E-state index in [-0.39, 0.29) is 12.0 Å². The van der Waals surface area contributed by atoms with E-state index in [9.17, 15) is 9.18 Å². The van der Waals surface area contributed by atoms with Crippen LogP contribution in [0.4, 0.5) is 15.1 Å². The van der Waals surface area contributed by atoms with Gasteiger partial charge in [0.2, 0.25) is 5.95 Å². The number of amides is 1. The van der Waals surface area contributed by atoms with Crippen molar-refractivity contribution >= 4 is 23.6 Å². The highest BCUT2D eigenvalue weighted by Crippen LogP contribution is 2.37. The number of carbonyl (C=O) groups is 1. The highest BCUT2D eigenvalue weighted by Gasteiger charge is 2.35. The Morgan fingerprint density at radius 2 is 1.88 bits per heavy atom. The van der Waals surface area contributed by atoms with Crippen molar-refractivity contribution in [3.63, 3.8) is 0 Å². The normalized spacial score (nSPS) is 18.3. The maximum atomic E-state index is 13.2. The van der Waals surface area contributed by atoms with Crippen LogP contribution in [-0.4, -0.2) is 55.4 Å². The predicted molar refractivity (Wildman–Crippen MR) is 124 cm³/mol. The molecule has 9 nitrogen and oxygen atoms in total. The Morgan fingerprint density at radius 1 is 1.18 bits per heavy atom. The second-order valence-corrected chi connectivity index (χ2v) is 8.93. The molecule has 1 unspecified atom stereocenters. The highest BCUT2D eigenvalue weighted by molar-refractivity contribution is 6.30. The second kappa shape index (κ2) is 9.17. The Balaban J connectivity index is 1.47. The minimum Gasteiger partial charge on any atom is -0.450 e. The smallest absolute Gasteiger partial charge is 0.410 e. The average molecular weight is 486 g/mol. The quantitative estimate of drug-likeness (QED) is 0.547. The van der Waals surface area contributed by atoms with Gasteiger partial charge in [-0.05, 0) is 50.5 Å². The van der Waals surface area contributed by atoms with E-state index >= 15 is 0 Å². The van der Waals surface area contributed by atoms with Gasteiger partial charge in [0.1, 0.15) is 5.82 Å². The molecule has 0 saturated carbocycles. The molecule has 0 aliphatic carbocycles. The molecule has 5 rings (SSSR count). The molecular weight excluding hydrogens is 461 g/mol. The summed E-state index contributed by atoms with van der Waals surface area (Å²) in [5.74, 6) is 1.78. The van der Waals surface area contributed by atoms with Crippen LogP contribution < -0.4 is 4.90 Å². The van der Waals surface area contributed by atoms with Crippen LogP contribution in [0.3, 0.4) is 0 Å². The lowest BCUT2D eigenvalue weighted by Gasteiger charge is -2.31. The molecule has 1 amide bonds. The van der Waals surface area contributed by atoms with Crippen molar-refractivity contribution < 1.29 is 13.9 Å². The van der Waals surface area contributed by atoms with Crippen LogP contribution in [0.5, 0.6) is 0 Å². The Bertz CT molecular complexity index is 1190. The van der Waals surface area contributed by atoms with Gasteiger partial charge < -0.3 is 9.64 Å². The summed E-state index contributed by atoms with van der Waals surface area (Å²) in [5, 5.41) is 9.71. The summed E-state index contributed by atoms with van der Waals surface area (Å²) in [6, 6.07) is 5.34. The summed E-state index contributed by atoms with van der Waals surface area (Å²) in [6.45, 7) is 5.81. The lowest BCUT2D eigenvalue weighted by atomic mass is 9.95. The Kier molecular flexibility index (Phi) is 6.07. The van der Waals surface area contributed by atoms with Crippen LogP contribution in [-0.2, 0) is 11.3 Å². The number of ether oxygens (including phenoxy) is 1. The number of hydrogen-bond donors (Lipinski definition) is 0. The minimum atomic E-state index is -0.450. The summed E-state index contributed by atoms with van der Waals surface area (Å²) in [5.41, 5.74) is 1.83. The van der Waals surface area contributed by atoms with E-state index in [4.69, 9.17) is 16.3 Å². The van der Waals surface area contributed by atoms with Crippen molar-refractivity contribution in [2.75, 3.05) is 24.6 Å². The lowest BCUT2D eigenvalue weighted by molar-refractivity contribution is 0.0888. The Labute approximate surface area is 201 Å². The van der Waals surface area contributed by atoms with E-state index in [0.717, 1.165) is 43.0 Å². The monoisotopic (exact) mass is 485 g/mol. The van der Waals surface area contributed by atoms with E-state index in [1.807, 2.05) is 25.1 Å². The summed E-state index contributed by atoms with van der Waals surface area (Å²) in [4.78, 5) is 24.7. The molecule has 2 aliphatic rings. The molecule has 11 heteroatoms. The van der Waals surface area contributed by atoms with Crippen LogP contribution in [0.15, 0.2) is 30.6 Å². The molecule has 2 aromatic heterocycles. The number of nitrogens with zero attached hydrogens (tertiary/aromatic N) is 7. The van der Waals surface area contributed by atoms with E-state index in [2.05, 4.69) is 29.6 Å². The third-order valence-electron chi connectivity index (χ3n) is 6.43. The van der Waals surface area contributed by atoms with Crippen LogP contribution in [0.1, 0.15) is 55.9 Å². The summed E-state index contributed by atoms with van der Waals surface area (Å²) in [6.07, 6.45) is 3.61. The second-order valence-electron chi connectivity index (χ2n) is 8.49. The van der Waals surface area contributed by atoms with E-state index < -0.39 is 11.9 Å². The van der Waals surface area contributed by atoms with Gasteiger partial charge in [0, 0.05) is 24.0 Å². The largest absolute Gasteiger partial charge is 0.450 e. The summed E-state index contributed by atoms with van der Waals surface area (Å²) in [7, 11) is 0. The molecule has 34 heavy (non-hydrogen) atoms. The van der Waals surface area contributed by atoms with Crippen LogP contribution in [0, 0.1) is 5.82 Å². The molecule has 1 fully saturated rings. The number of piperidine rings is 1. The molecule has 0 bridgehead atoms. The Morgan fingerprint density at radius 3 is 2.59 bits per heavy atom. The first kappa shape index (κ1) is 22.5.